The Morgan fingerprint density at radius 2 is 1.97 bits per heavy atom. The zero-order valence-electron chi connectivity index (χ0n) is 20.9. The van der Waals surface area contributed by atoms with Gasteiger partial charge in [-0.2, -0.15) is 0 Å². The molecule has 1 fully saturated rings. The molecule has 1 saturated heterocycles. The fourth-order valence-electron chi connectivity index (χ4n) is 5.13. The molecule has 1 aromatic carbocycles. The highest BCUT2D eigenvalue weighted by Gasteiger charge is 2.61. The minimum Gasteiger partial charge on any atom is -0.493 e. The first-order valence-corrected chi connectivity index (χ1v) is 12.2. The van der Waals surface area contributed by atoms with E-state index in [0.717, 1.165) is 31.2 Å². The molecule has 0 unspecified atom stereocenters. The number of carbonyl (C=O) groups excluding carboxylic acids is 3. The van der Waals surface area contributed by atoms with Gasteiger partial charge in [-0.25, -0.2) is 0 Å². The lowest BCUT2D eigenvalue weighted by Crippen LogP contribution is -2.42. The summed E-state index contributed by atoms with van der Waals surface area (Å²) in [6.45, 7) is 6.29. The van der Waals surface area contributed by atoms with Crippen LogP contribution in [0.5, 0.6) is 11.5 Å². The minimum atomic E-state index is -1.16. The standard InChI is InChI=1S/C27H36N2O6/c1-5-15-29-23-11-9-7-8-10-14-27(23,26(32)35-6-2)20(25(29)31)17-24(30)28-18-19-12-13-21(33-3)22(16-19)34-4/h5,11-13,16,20H,1,6-10,14-15,17-18H2,2-4H3,(H,28,30)/b23-11+/t20-,27-/m1/s1. The monoisotopic (exact) mass is 484 g/mol. The van der Waals surface area contributed by atoms with Crippen LogP contribution in [0.3, 0.4) is 0 Å². The summed E-state index contributed by atoms with van der Waals surface area (Å²) < 4.78 is 16.1. The summed E-state index contributed by atoms with van der Waals surface area (Å²) in [4.78, 5) is 41.7. The summed E-state index contributed by atoms with van der Waals surface area (Å²) in [7, 11) is 3.11. The van der Waals surface area contributed by atoms with Gasteiger partial charge in [0, 0.05) is 25.2 Å². The Labute approximate surface area is 207 Å². The number of nitrogens with zero attached hydrogens (tertiary/aromatic N) is 1. The van der Waals surface area contributed by atoms with E-state index in [1.807, 2.05) is 12.1 Å². The summed E-state index contributed by atoms with van der Waals surface area (Å²) in [5, 5.41) is 2.90. The fourth-order valence-corrected chi connectivity index (χ4v) is 5.13. The van der Waals surface area contributed by atoms with Gasteiger partial charge in [0.2, 0.25) is 11.8 Å². The zero-order valence-corrected chi connectivity index (χ0v) is 20.9. The summed E-state index contributed by atoms with van der Waals surface area (Å²) >= 11 is 0. The Balaban J connectivity index is 1.86. The van der Waals surface area contributed by atoms with Crippen molar-refractivity contribution in [2.45, 2.75) is 52.0 Å². The number of methoxy groups -OCH3 is 2. The maximum absolute atomic E-state index is 13.6. The maximum atomic E-state index is 13.6. The predicted molar refractivity (Wildman–Crippen MR) is 132 cm³/mol. The Bertz CT molecular complexity index is 988. The smallest absolute Gasteiger partial charge is 0.318 e. The number of esters is 1. The number of hydrogen-bond donors (Lipinski definition) is 1. The lowest BCUT2D eigenvalue weighted by molar-refractivity contribution is -0.158. The molecule has 2 aliphatic rings. The van der Waals surface area contributed by atoms with Gasteiger partial charge in [-0.1, -0.05) is 31.1 Å². The van der Waals surface area contributed by atoms with Gasteiger partial charge in [0.1, 0.15) is 5.41 Å². The van der Waals surface area contributed by atoms with E-state index in [9.17, 15) is 14.4 Å². The molecule has 190 valence electrons. The van der Waals surface area contributed by atoms with Crippen LogP contribution in [-0.4, -0.2) is 50.1 Å². The average molecular weight is 485 g/mol. The molecule has 1 aliphatic heterocycles. The van der Waals surface area contributed by atoms with E-state index in [1.165, 1.54) is 0 Å². The Hall–Kier alpha value is -3.29. The number of nitrogens with one attached hydrogen (secondary N) is 1. The first kappa shape index (κ1) is 26.3. The molecule has 1 aromatic rings. The van der Waals surface area contributed by atoms with E-state index in [-0.39, 0.29) is 37.9 Å². The number of amides is 2. The van der Waals surface area contributed by atoms with Crippen LogP contribution in [0.15, 0.2) is 42.6 Å². The van der Waals surface area contributed by atoms with Crippen LogP contribution in [0.1, 0.15) is 51.0 Å². The SMILES string of the molecule is C=CCN1C(=O)[C@@H](CC(=O)NCc2ccc(OC)c(OC)c2)[C@]2(C(=O)OCC)CCCCC/C=C/12. The van der Waals surface area contributed by atoms with Crippen molar-refractivity contribution in [3.8, 4) is 11.5 Å². The van der Waals surface area contributed by atoms with Gasteiger partial charge >= 0.3 is 5.97 Å². The summed E-state index contributed by atoms with van der Waals surface area (Å²) in [6.07, 6.45) is 7.52. The molecular weight excluding hydrogens is 448 g/mol. The minimum absolute atomic E-state index is 0.101. The molecular formula is C27H36N2O6. The third-order valence-corrected chi connectivity index (χ3v) is 6.80. The second-order valence-corrected chi connectivity index (χ2v) is 8.84. The van der Waals surface area contributed by atoms with Crippen LogP contribution < -0.4 is 14.8 Å². The average Bonchev–Trinajstić information content (AvgIpc) is 3.05. The van der Waals surface area contributed by atoms with Crippen LogP contribution in [0.4, 0.5) is 0 Å². The number of hydrogen-bond acceptors (Lipinski definition) is 6. The van der Waals surface area contributed by atoms with E-state index in [4.69, 9.17) is 14.2 Å². The number of rotatable bonds is 10. The number of carbonyl (C=O) groups is 3. The second-order valence-electron chi connectivity index (χ2n) is 8.84. The number of allylic oxidation sites excluding steroid dienone is 1. The third kappa shape index (κ3) is 5.36. The molecule has 2 amide bonds. The molecule has 0 bridgehead atoms. The lowest BCUT2D eigenvalue weighted by Gasteiger charge is -2.34. The number of likely N-dealkylation sites (tertiary alicyclic amines) is 1. The van der Waals surface area contributed by atoms with Crippen molar-refractivity contribution in [3.63, 3.8) is 0 Å². The first-order chi connectivity index (χ1) is 16.9. The van der Waals surface area contributed by atoms with Gasteiger partial charge in [-0.05, 0) is 43.9 Å². The van der Waals surface area contributed by atoms with Crippen LogP contribution >= 0.6 is 0 Å². The highest BCUT2D eigenvalue weighted by Crippen LogP contribution is 2.52. The molecule has 8 nitrogen and oxygen atoms in total. The van der Waals surface area contributed by atoms with Gasteiger partial charge in [-0.15, -0.1) is 6.58 Å². The number of benzene rings is 1. The van der Waals surface area contributed by atoms with Crippen LogP contribution in [-0.2, 0) is 25.7 Å². The lowest BCUT2D eigenvalue weighted by atomic mass is 9.69. The van der Waals surface area contributed by atoms with Gasteiger partial charge in [0.25, 0.3) is 0 Å². The predicted octanol–water partition coefficient (Wildman–Crippen LogP) is 3.75. The molecule has 1 heterocycles. The fraction of sp³-hybridized carbons (Fsp3) is 0.519. The van der Waals surface area contributed by atoms with E-state index < -0.39 is 17.3 Å². The third-order valence-electron chi connectivity index (χ3n) is 6.80. The van der Waals surface area contributed by atoms with Crippen LogP contribution in [0.25, 0.3) is 0 Å². The largest absolute Gasteiger partial charge is 0.493 e. The van der Waals surface area contributed by atoms with Crippen LogP contribution in [0, 0.1) is 11.3 Å². The highest BCUT2D eigenvalue weighted by molar-refractivity contribution is 5.98. The molecule has 0 spiro atoms. The number of ether oxygens (including phenoxy) is 3. The van der Waals surface area contributed by atoms with Crippen molar-refractivity contribution >= 4 is 17.8 Å². The van der Waals surface area contributed by atoms with Crippen molar-refractivity contribution < 1.29 is 28.6 Å². The zero-order chi connectivity index (χ0) is 25.4. The molecule has 1 aliphatic carbocycles. The summed E-state index contributed by atoms with van der Waals surface area (Å²) in [5.41, 5.74) is 0.337. The maximum Gasteiger partial charge on any atom is 0.318 e. The summed E-state index contributed by atoms with van der Waals surface area (Å²) in [6, 6.07) is 5.40. The van der Waals surface area contributed by atoms with Crippen molar-refractivity contribution in [3.05, 3.63) is 48.2 Å². The quantitative estimate of drug-likeness (QED) is 0.402. The topological polar surface area (TPSA) is 94.2 Å². The van der Waals surface area contributed by atoms with E-state index in [0.29, 0.717) is 23.6 Å². The first-order valence-electron chi connectivity index (χ1n) is 12.2. The van der Waals surface area contributed by atoms with Crippen molar-refractivity contribution in [2.24, 2.45) is 11.3 Å². The van der Waals surface area contributed by atoms with Gasteiger partial charge in [0.15, 0.2) is 11.5 Å². The van der Waals surface area contributed by atoms with E-state index >= 15 is 0 Å². The van der Waals surface area contributed by atoms with E-state index in [1.54, 1.807) is 44.3 Å². The Kier molecular flexibility index (Phi) is 8.95. The van der Waals surface area contributed by atoms with Crippen molar-refractivity contribution in [2.75, 3.05) is 27.4 Å². The highest BCUT2D eigenvalue weighted by atomic mass is 16.5. The summed E-state index contributed by atoms with van der Waals surface area (Å²) in [5.74, 6) is -0.615. The molecule has 8 heteroatoms. The Morgan fingerprint density at radius 1 is 1.20 bits per heavy atom. The molecule has 0 saturated carbocycles. The Morgan fingerprint density at radius 3 is 2.66 bits per heavy atom. The van der Waals surface area contributed by atoms with Gasteiger partial charge in [-0.3, -0.25) is 14.4 Å². The van der Waals surface area contributed by atoms with E-state index in [2.05, 4.69) is 11.9 Å². The molecule has 2 atom stereocenters. The van der Waals surface area contributed by atoms with Crippen LogP contribution in [0.2, 0.25) is 0 Å². The molecule has 0 radical (unpaired) electrons. The molecule has 0 aromatic heterocycles. The normalized spacial score (nSPS) is 23.3. The van der Waals surface area contributed by atoms with Gasteiger partial charge in [0.05, 0.1) is 26.7 Å². The molecule has 3 rings (SSSR count). The van der Waals surface area contributed by atoms with Crippen molar-refractivity contribution in [1.82, 2.24) is 10.2 Å². The van der Waals surface area contributed by atoms with Gasteiger partial charge < -0.3 is 24.4 Å². The second kappa shape index (κ2) is 11.9. The molecule has 35 heavy (non-hydrogen) atoms. The van der Waals surface area contributed by atoms with Crippen molar-refractivity contribution in [1.29, 1.82) is 0 Å². The number of fused-ring (bicyclic) bond motifs is 1. The molecule has 1 N–H and O–H groups in total.